The second-order valence-electron chi connectivity index (χ2n) is 8.43. The number of likely N-dealkylation sites (tertiary alicyclic amines) is 1. The number of fused-ring (bicyclic) bond motifs is 8. The van der Waals surface area contributed by atoms with Crippen molar-refractivity contribution in [3.8, 4) is 0 Å². The minimum atomic E-state index is -4.37. The van der Waals surface area contributed by atoms with E-state index in [1.165, 1.54) is 12.1 Å². The third kappa shape index (κ3) is 2.70. The smallest absolute Gasteiger partial charge is 0.382 e. The Labute approximate surface area is 180 Å². The molecule has 2 aliphatic rings. The molecule has 4 aromatic rings. The molecule has 0 radical (unpaired) electrons. The van der Waals surface area contributed by atoms with Crippen molar-refractivity contribution in [2.24, 2.45) is 0 Å². The first-order valence-corrected chi connectivity index (χ1v) is 10.3. The zero-order chi connectivity index (χ0) is 22.2. The summed E-state index contributed by atoms with van der Waals surface area (Å²) in [6.45, 7) is 0.503. The highest BCUT2D eigenvalue weighted by molar-refractivity contribution is 5.98. The number of halogens is 3. The van der Waals surface area contributed by atoms with Crippen LogP contribution in [0.4, 0.5) is 19.0 Å². The minimum absolute atomic E-state index is 0.0516. The molecule has 9 heteroatoms. The van der Waals surface area contributed by atoms with Gasteiger partial charge in [-0.05, 0) is 60.2 Å². The zero-order valence-corrected chi connectivity index (χ0v) is 16.8. The van der Waals surface area contributed by atoms with Crippen LogP contribution >= 0.6 is 0 Å². The molecule has 1 saturated heterocycles. The van der Waals surface area contributed by atoms with Crippen LogP contribution in [-0.2, 0) is 6.18 Å². The molecule has 2 N–H and O–H groups in total. The molecule has 1 aliphatic heterocycles. The standard InChI is InChI=1S/C23H18F3N5O/c24-23(25,26)14-2-3-15-16(9-14)12-5-6-30(18(15)7-12)22(32)13-1-4-17-19(8-13)31-11-28-10-20(31)21(27)29-17/h1-4,8-12,18H,5-7H2,(H2,27,29)/t12-,18+/m0/s1. The Balaban J connectivity index is 1.39. The summed E-state index contributed by atoms with van der Waals surface area (Å²) in [7, 11) is 0. The third-order valence-electron chi connectivity index (χ3n) is 6.70. The number of hydrogen-bond acceptors (Lipinski definition) is 4. The van der Waals surface area contributed by atoms with Gasteiger partial charge in [0.1, 0.15) is 11.3 Å². The number of anilines is 1. The van der Waals surface area contributed by atoms with E-state index in [-0.39, 0.29) is 17.9 Å². The molecule has 6 rings (SSSR count). The summed E-state index contributed by atoms with van der Waals surface area (Å²) in [5, 5.41) is 0. The molecule has 32 heavy (non-hydrogen) atoms. The molecule has 1 amide bonds. The SMILES string of the molecule is Nc1nc2ccc(C(=O)N3CC[C@H]4C[C@@H]3c3ccc(C(F)(F)F)cc34)cc2n2cncc12. The Hall–Kier alpha value is -3.62. The number of alkyl halides is 3. The van der Waals surface area contributed by atoms with E-state index < -0.39 is 11.7 Å². The number of carbonyl (C=O) groups is 1. The minimum Gasteiger partial charge on any atom is -0.382 e. The van der Waals surface area contributed by atoms with Crippen molar-refractivity contribution in [3.05, 3.63) is 71.2 Å². The highest BCUT2D eigenvalue weighted by Crippen LogP contribution is 2.50. The summed E-state index contributed by atoms with van der Waals surface area (Å²) in [5.41, 5.74) is 9.42. The van der Waals surface area contributed by atoms with E-state index in [0.29, 0.717) is 47.3 Å². The lowest BCUT2D eigenvalue weighted by Gasteiger charge is -2.34. The van der Waals surface area contributed by atoms with Gasteiger partial charge < -0.3 is 10.6 Å². The largest absolute Gasteiger partial charge is 0.416 e. The molecule has 2 atom stereocenters. The van der Waals surface area contributed by atoms with Crippen LogP contribution in [0.15, 0.2) is 48.9 Å². The van der Waals surface area contributed by atoms with Gasteiger partial charge in [0.25, 0.3) is 5.91 Å². The van der Waals surface area contributed by atoms with Crippen molar-refractivity contribution in [1.82, 2.24) is 19.3 Å². The summed E-state index contributed by atoms with van der Waals surface area (Å²) < 4.78 is 41.3. The molecule has 6 nitrogen and oxygen atoms in total. The number of nitrogen functional groups attached to an aromatic ring is 1. The molecule has 0 spiro atoms. The molecule has 0 saturated carbocycles. The number of hydrogen-bond donors (Lipinski definition) is 1. The fraction of sp³-hybridized carbons (Fsp3) is 0.261. The molecular formula is C23H18F3N5O. The number of aromatic nitrogens is 3. The highest BCUT2D eigenvalue weighted by Gasteiger charge is 2.42. The number of rotatable bonds is 1. The van der Waals surface area contributed by atoms with Crippen LogP contribution in [-0.4, -0.2) is 31.7 Å². The Morgan fingerprint density at radius 1 is 1.09 bits per heavy atom. The number of nitrogens with two attached hydrogens (primary N) is 1. The molecule has 3 heterocycles. The summed E-state index contributed by atoms with van der Waals surface area (Å²) in [4.78, 5) is 23.8. The topological polar surface area (TPSA) is 76.5 Å². The summed E-state index contributed by atoms with van der Waals surface area (Å²) >= 11 is 0. The maximum Gasteiger partial charge on any atom is 0.416 e. The van der Waals surface area contributed by atoms with Crippen LogP contribution in [0.2, 0.25) is 0 Å². The van der Waals surface area contributed by atoms with Gasteiger partial charge in [-0.15, -0.1) is 0 Å². The fourth-order valence-corrected chi connectivity index (χ4v) is 5.17. The Bertz CT molecular complexity index is 1410. The summed E-state index contributed by atoms with van der Waals surface area (Å²) in [6, 6.07) is 8.94. The van der Waals surface area contributed by atoms with E-state index >= 15 is 0 Å². The third-order valence-corrected chi connectivity index (χ3v) is 6.70. The van der Waals surface area contributed by atoms with Crippen LogP contribution < -0.4 is 5.73 Å². The van der Waals surface area contributed by atoms with E-state index in [0.717, 1.165) is 17.2 Å². The number of imidazole rings is 1. The first-order valence-electron chi connectivity index (χ1n) is 10.3. The normalized spacial score (nSPS) is 20.2. The van der Waals surface area contributed by atoms with Crippen molar-refractivity contribution >= 4 is 28.3 Å². The number of piperidine rings is 1. The average Bonchev–Trinajstić information content (AvgIpc) is 3.37. The molecular weight excluding hydrogens is 419 g/mol. The first kappa shape index (κ1) is 19.1. The van der Waals surface area contributed by atoms with Crippen LogP contribution in [0.5, 0.6) is 0 Å². The fourth-order valence-electron chi connectivity index (χ4n) is 5.17. The van der Waals surface area contributed by atoms with Gasteiger partial charge in [0, 0.05) is 12.1 Å². The van der Waals surface area contributed by atoms with E-state index in [9.17, 15) is 18.0 Å². The predicted octanol–water partition coefficient (Wildman–Crippen LogP) is 4.56. The van der Waals surface area contributed by atoms with E-state index in [1.807, 2.05) is 0 Å². The maximum absolute atomic E-state index is 13.5. The van der Waals surface area contributed by atoms with E-state index in [4.69, 9.17) is 5.73 Å². The monoisotopic (exact) mass is 437 g/mol. The quantitative estimate of drug-likeness (QED) is 0.474. The lowest BCUT2D eigenvalue weighted by Crippen LogP contribution is -2.37. The average molecular weight is 437 g/mol. The molecule has 1 aliphatic carbocycles. The van der Waals surface area contributed by atoms with E-state index in [2.05, 4.69) is 9.97 Å². The second-order valence-corrected chi connectivity index (χ2v) is 8.43. The number of carbonyl (C=O) groups excluding carboxylic acids is 1. The lowest BCUT2D eigenvalue weighted by atomic mass is 9.94. The molecule has 2 aromatic carbocycles. The Morgan fingerprint density at radius 3 is 2.75 bits per heavy atom. The van der Waals surface area contributed by atoms with Gasteiger partial charge in [0.05, 0.1) is 35.2 Å². The Morgan fingerprint density at radius 2 is 1.94 bits per heavy atom. The van der Waals surface area contributed by atoms with Crippen LogP contribution in [0.1, 0.15) is 51.8 Å². The molecule has 2 bridgehead atoms. The van der Waals surface area contributed by atoms with Crippen LogP contribution in [0.25, 0.3) is 16.6 Å². The maximum atomic E-state index is 13.5. The van der Waals surface area contributed by atoms with Gasteiger partial charge in [0.15, 0.2) is 0 Å². The molecule has 0 unspecified atom stereocenters. The van der Waals surface area contributed by atoms with Crippen molar-refractivity contribution in [3.63, 3.8) is 0 Å². The van der Waals surface area contributed by atoms with Crippen molar-refractivity contribution in [2.75, 3.05) is 12.3 Å². The zero-order valence-electron chi connectivity index (χ0n) is 16.8. The van der Waals surface area contributed by atoms with E-state index in [1.54, 1.807) is 40.0 Å². The lowest BCUT2D eigenvalue weighted by molar-refractivity contribution is -0.137. The van der Waals surface area contributed by atoms with Gasteiger partial charge in [-0.3, -0.25) is 9.20 Å². The molecule has 162 valence electrons. The summed E-state index contributed by atoms with van der Waals surface area (Å²) in [5.74, 6) is 0.265. The van der Waals surface area contributed by atoms with Gasteiger partial charge >= 0.3 is 6.18 Å². The molecule has 1 fully saturated rings. The highest BCUT2D eigenvalue weighted by atomic mass is 19.4. The first-order chi connectivity index (χ1) is 15.3. The van der Waals surface area contributed by atoms with Crippen molar-refractivity contribution < 1.29 is 18.0 Å². The predicted molar refractivity (Wildman–Crippen MR) is 112 cm³/mol. The number of nitrogens with zero attached hydrogens (tertiary/aromatic N) is 4. The van der Waals surface area contributed by atoms with Crippen LogP contribution in [0.3, 0.4) is 0 Å². The second kappa shape index (κ2) is 6.44. The van der Waals surface area contributed by atoms with Gasteiger partial charge in [-0.1, -0.05) is 6.07 Å². The van der Waals surface area contributed by atoms with Gasteiger partial charge in [-0.2, -0.15) is 13.2 Å². The number of amides is 1. The van der Waals surface area contributed by atoms with Crippen molar-refractivity contribution in [2.45, 2.75) is 31.0 Å². The van der Waals surface area contributed by atoms with Gasteiger partial charge in [-0.25, -0.2) is 9.97 Å². The van der Waals surface area contributed by atoms with Crippen molar-refractivity contribution in [1.29, 1.82) is 0 Å². The summed E-state index contributed by atoms with van der Waals surface area (Å²) in [6.07, 6.45) is 0.169. The molecule has 2 aromatic heterocycles. The Kier molecular flexibility index (Phi) is 3.84. The number of benzene rings is 2. The van der Waals surface area contributed by atoms with Gasteiger partial charge in [0.2, 0.25) is 0 Å². The van der Waals surface area contributed by atoms with Crippen LogP contribution in [0, 0.1) is 0 Å².